The zero-order valence-electron chi connectivity index (χ0n) is 17.0. The Bertz CT molecular complexity index is 559. The van der Waals surface area contributed by atoms with Crippen LogP contribution in [0, 0.1) is 0 Å². The molecule has 0 aromatic heterocycles. The Labute approximate surface area is 159 Å². The summed E-state index contributed by atoms with van der Waals surface area (Å²) in [5.74, 6) is 1.15. The summed E-state index contributed by atoms with van der Waals surface area (Å²) in [5.41, 5.74) is 1.14. The molecule has 1 aromatic rings. The number of nitrogens with one attached hydrogen (secondary N) is 1. The minimum absolute atomic E-state index is 0.0331. The van der Waals surface area contributed by atoms with Crippen LogP contribution < -0.4 is 10.1 Å². The van der Waals surface area contributed by atoms with E-state index in [9.17, 15) is 4.79 Å². The van der Waals surface area contributed by atoms with Crippen LogP contribution in [-0.2, 0) is 4.79 Å². The lowest BCUT2D eigenvalue weighted by atomic mass is 10.00. The molecule has 0 saturated carbocycles. The van der Waals surface area contributed by atoms with Gasteiger partial charge in [0, 0.05) is 19.1 Å². The molecule has 1 heterocycles. The highest BCUT2D eigenvalue weighted by Gasteiger charge is 2.20. The van der Waals surface area contributed by atoms with Crippen LogP contribution in [-0.4, -0.2) is 42.6 Å². The molecule has 1 amide bonds. The van der Waals surface area contributed by atoms with Crippen LogP contribution in [0.1, 0.15) is 71.3 Å². The number of para-hydroxylation sites is 1. The van der Waals surface area contributed by atoms with Crippen LogP contribution in [0.5, 0.6) is 5.75 Å². The molecule has 4 nitrogen and oxygen atoms in total. The number of piperidine rings is 1. The van der Waals surface area contributed by atoms with Crippen molar-refractivity contribution < 1.29 is 9.53 Å². The van der Waals surface area contributed by atoms with Crippen molar-refractivity contribution in [2.45, 2.75) is 77.9 Å². The van der Waals surface area contributed by atoms with Crippen LogP contribution in [0.4, 0.5) is 0 Å². The van der Waals surface area contributed by atoms with Gasteiger partial charge < -0.3 is 15.0 Å². The zero-order valence-corrected chi connectivity index (χ0v) is 17.0. The quantitative estimate of drug-likeness (QED) is 0.666. The summed E-state index contributed by atoms with van der Waals surface area (Å²) in [5, 5.41) is 3.03. The second-order valence-corrected chi connectivity index (χ2v) is 7.69. The molecule has 1 aromatic carbocycles. The van der Waals surface area contributed by atoms with Gasteiger partial charge >= 0.3 is 0 Å². The van der Waals surface area contributed by atoms with Gasteiger partial charge in [-0.2, -0.15) is 0 Å². The van der Waals surface area contributed by atoms with Gasteiger partial charge in [0.15, 0.2) is 6.10 Å². The largest absolute Gasteiger partial charge is 0.481 e. The molecule has 4 heteroatoms. The minimum atomic E-state index is -0.478. The molecule has 1 aliphatic rings. The fourth-order valence-electron chi connectivity index (χ4n) is 3.76. The average molecular weight is 361 g/mol. The van der Waals surface area contributed by atoms with Gasteiger partial charge in [0.25, 0.3) is 5.91 Å². The molecular weight excluding hydrogens is 324 g/mol. The van der Waals surface area contributed by atoms with Gasteiger partial charge in [-0.25, -0.2) is 0 Å². The first-order valence-electron chi connectivity index (χ1n) is 10.3. The van der Waals surface area contributed by atoms with E-state index in [1.165, 1.54) is 32.2 Å². The summed E-state index contributed by atoms with van der Waals surface area (Å²) < 4.78 is 5.93. The van der Waals surface area contributed by atoms with Crippen molar-refractivity contribution in [3.63, 3.8) is 0 Å². The SMILES string of the molecule is CC[C@@H]1CCCCN1CCCNC(=O)[C@@H](C)Oc1ccccc1C(C)C. The van der Waals surface area contributed by atoms with Gasteiger partial charge in [0.2, 0.25) is 0 Å². The van der Waals surface area contributed by atoms with Gasteiger partial charge in [0.05, 0.1) is 0 Å². The summed E-state index contributed by atoms with van der Waals surface area (Å²) in [7, 11) is 0. The van der Waals surface area contributed by atoms with Crippen molar-refractivity contribution in [2.75, 3.05) is 19.6 Å². The van der Waals surface area contributed by atoms with Crippen molar-refractivity contribution >= 4 is 5.91 Å². The van der Waals surface area contributed by atoms with E-state index in [-0.39, 0.29) is 5.91 Å². The molecule has 0 aliphatic carbocycles. The third-order valence-electron chi connectivity index (χ3n) is 5.36. The van der Waals surface area contributed by atoms with Crippen LogP contribution in [0.3, 0.4) is 0 Å². The molecule has 2 atom stereocenters. The molecule has 1 saturated heterocycles. The summed E-state index contributed by atoms with van der Waals surface area (Å²) in [6, 6.07) is 8.70. The Hall–Kier alpha value is -1.55. The first-order chi connectivity index (χ1) is 12.5. The van der Waals surface area contributed by atoms with Crippen molar-refractivity contribution in [3.8, 4) is 5.75 Å². The van der Waals surface area contributed by atoms with Gasteiger partial charge in [-0.1, -0.05) is 45.4 Å². The lowest BCUT2D eigenvalue weighted by Crippen LogP contribution is -2.41. The van der Waals surface area contributed by atoms with Gasteiger partial charge in [-0.05, 0) is 56.7 Å². The molecule has 26 heavy (non-hydrogen) atoms. The number of likely N-dealkylation sites (tertiary alicyclic amines) is 1. The average Bonchev–Trinajstić information content (AvgIpc) is 2.65. The molecule has 2 rings (SSSR count). The topological polar surface area (TPSA) is 41.6 Å². The molecule has 1 fully saturated rings. The minimum Gasteiger partial charge on any atom is -0.481 e. The summed E-state index contributed by atoms with van der Waals surface area (Å²) >= 11 is 0. The van der Waals surface area contributed by atoms with E-state index in [0.717, 1.165) is 30.3 Å². The smallest absolute Gasteiger partial charge is 0.260 e. The first kappa shape index (κ1) is 20.8. The standard InChI is InChI=1S/C22H36N2O2/c1-5-19-11-8-9-15-24(19)16-10-14-23-22(25)18(4)26-21-13-7-6-12-20(21)17(2)3/h6-7,12-13,17-19H,5,8-11,14-16H2,1-4H3,(H,23,25)/t18-,19-/m1/s1. The van der Waals surface area contributed by atoms with E-state index in [1.807, 2.05) is 25.1 Å². The summed E-state index contributed by atoms with van der Waals surface area (Å²) in [6.07, 6.45) is 5.74. The number of amides is 1. The Balaban J connectivity index is 1.74. The van der Waals surface area contributed by atoms with E-state index in [0.29, 0.717) is 12.5 Å². The number of benzene rings is 1. The molecule has 0 unspecified atom stereocenters. The van der Waals surface area contributed by atoms with E-state index >= 15 is 0 Å². The van der Waals surface area contributed by atoms with Crippen molar-refractivity contribution in [2.24, 2.45) is 0 Å². The van der Waals surface area contributed by atoms with E-state index in [1.54, 1.807) is 0 Å². The van der Waals surface area contributed by atoms with E-state index in [4.69, 9.17) is 4.74 Å². The number of carbonyl (C=O) groups excluding carboxylic acids is 1. The Kier molecular flexibility index (Phi) is 8.43. The number of carbonyl (C=O) groups is 1. The highest BCUT2D eigenvalue weighted by atomic mass is 16.5. The van der Waals surface area contributed by atoms with E-state index in [2.05, 4.69) is 37.1 Å². The van der Waals surface area contributed by atoms with Crippen LogP contribution in [0.2, 0.25) is 0 Å². The van der Waals surface area contributed by atoms with E-state index < -0.39 is 6.10 Å². The number of rotatable bonds is 9. The molecular formula is C22H36N2O2. The second-order valence-electron chi connectivity index (χ2n) is 7.69. The maximum Gasteiger partial charge on any atom is 0.260 e. The fraction of sp³-hybridized carbons (Fsp3) is 0.682. The summed E-state index contributed by atoms with van der Waals surface area (Å²) in [6.45, 7) is 11.4. The van der Waals surface area contributed by atoms with Crippen molar-refractivity contribution in [1.82, 2.24) is 10.2 Å². The molecule has 146 valence electrons. The molecule has 1 aliphatic heterocycles. The highest BCUT2D eigenvalue weighted by molar-refractivity contribution is 5.80. The predicted molar refractivity (Wildman–Crippen MR) is 108 cm³/mol. The van der Waals surface area contributed by atoms with Crippen molar-refractivity contribution in [3.05, 3.63) is 29.8 Å². The zero-order chi connectivity index (χ0) is 18.9. The lowest BCUT2D eigenvalue weighted by Gasteiger charge is -2.35. The van der Waals surface area contributed by atoms with Crippen LogP contribution in [0.25, 0.3) is 0 Å². The lowest BCUT2D eigenvalue weighted by molar-refractivity contribution is -0.127. The predicted octanol–water partition coefficient (Wildman–Crippen LogP) is 4.35. The van der Waals surface area contributed by atoms with Crippen LogP contribution in [0.15, 0.2) is 24.3 Å². The van der Waals surface area contributed by atoms with Crippen LogP contribution >= 0.6 is 0 Å². The third-order valence-corrected chi connectivity index (χ3v) is 5.36. The third kappa shape index (κ3) is 6.01. The molecule has 1 N–H and O–H groups in total. The summed E-state index contributed by atoms with van der Waals surface area (Å²) in [4.78, 5) is 14.9. The highest BCUT2D eigenvalue weighted by Crippen LogP contribution is 2.26. The fourth-order valence-corrected chi connectivity index (χ4v) is 3.76. The number of hydrogen-bond donors (Lipinski definition) is 1. The van der Waals surface area contributed by atoms with Gasteiger partial charge in [0.1, 0.15) is 5.75 Å². The first-order valence-corrected chi connectivity index (χ1v) is 10.3. The number of ether oxygens (including phenoxy) is 1. The van der Waals surface area contributed by atoms with Crippen molar-refractivity contribution in [1.29, 1.82) is 0 Å². The molecule has 0 spiro atoms. The maximum absolute atomic E-state index is 12.4. The second kappa shape index (κ2) is 10.6. The number of nitrogens with zero attached hydrogens (tertiary/aromatic N) is 1. The molecule has 0 bridgehead atoms. The normalized spacial score (nSPS) is 19.3. The Morgan fingerprint density at radius 2 is 2.04 bits per heavy atom. The monoisotopic (exact) mass is 360 g/mol. The Morgan fingerprint density at radius 1 is 1.27 bits per heavy atom. The molecule has 0 radical (unpaired) electrons. The Morgan fingerprint density at radius 3 is 2.77 bits per heavy atom. The maximum atomic E-state index is 12.4. The number of hydrogen-bond acceptors (Lipinski definition) is 3. The van der Waals surface area contributed by atoms with Gasteiger partial charge in [-0.3, -0.25) is 4.79 Å². The van der Waals surface area contributed by atoms with Gasteiger partial charge in [-0.15, -0.1) is 0 Å².